The third-order valence-corrected chi connectivity index (χ3v) is 2.35. The number of carbonyl (C=O) groups excluding carboxylic acids is 1. The van der Waals surface area contributed by atoms with Crippen molar-refractivity contribution in [1.82, 2.24) is 0 Å². The van der Waals surface area contributed by atoms with E-state index in [1.54, 1.807) is 0 Å². The first-order valence-corrected chi connectivity index (χ1v) is 4.83. The van der Waals surface area contributed by atoms with Crippen LogP contribution in [0.25, 0.3) is 5.57 Å². The fraction of sp³-hybridized carbons (Fsp3) is 0.182. The van der Waals surface area contributed by atoms with E-state index in [1.807, 2.05) is 38.1 Å². The number of allylic oxidation sites excluding steroid dienone is 2. The van der Waals surface area contributed by atoms with Gasteiger partial charge in [0.1, 0.15) is 0 Å². The molecule has 0 heterocycles. The second kappa shape index (κ2) is 4.38. The van der Waals surface area contributed by atoms with Gasteiger partial charge in [-0.05, 0) is 25.0 Å². The summed E-state index contributed by atoms with van der Waals surface area (Å²) in [6, 6.07) is 7.84. The van der Waals surface area contributed by atoms with Crippen LogP contribution in [0.3, 0.4) is 0 Å². The zero-order chi connectivity index (χ0) is 9.84. The fourth-order valence-electron chi connectivity index (χ4n) is 1.21. The molecule has 1 aromatic rings. The van der Waals surface area contributed by atoms with E-state index in [-0.39, 0.29) is 0 Å². The average Bonchev–Trinajstić information content (AvgIpc) is 2.09. The Labute approximate surface area is 86.6 Å². The van der Waals surface area contributed by atoms with Crippen LogP contribution < -0.4 is 0 Å². The molecule has 0 spiro atoms. The maximum Gasteiger partial charge on any atom is 0.151 e. The van der Waals surface area contributed by atoms with Crippen LogP contribution in [0.5, 0.6) is 0 Å². The number of aryl methyl sites for hydroxylation is 1. The fourth-order valence-corrected chi connectivity index (χ4v) is 1.51. The molecule has 0 radical (unpaired) electrons. The molecule has 0 N–H and O–H groups in total. The number of hydrogen-bond acceptors (Lipinski definition) is 1. The van der Waals surface area contributed by atoms with Gasteiger partial charge < -0.3 is 0 Å². The van der Waals surface area contributed by atoms with E-state index in [4.69, 9.17) is 0 Å². The minimum absolute atomic E-state index is 0.720. The molecule has 0 saturated carbocycles. The molecule has 0 unspecified atom stereocenters. The number of rotatable bonds is 2. The van der Waals surface area contributed by atoms with Gasteiger partial charge >= 0.3 is 0 Å². The monoisotopic (exact) mass is 238 g/mol. The minimum atomic E-state index is 0.720. The van der Waals surface area contributed by atoms with E-state index in [0.29, 0.717) is 0 Å². The highest BCUT2D eigenvalue weighted by atomic mass is 79.9. The Morgan fingerprint density at radius 2 is 2.00 bits per heavy atom. The molecule has 0 amide bonds. The summed E-state index contributed by atoms with van der Waals surface area (Å²) in [6.07, 6.45) is 0.881. The Kier molecular flexibility index (Phi) is 3.43. The number of benzene rings is 1. The molecule has 68 valence electrons. The molecular formula is C11H11BrO. The molecule has 0 aliphatic heterocycles. The van der Waals surface area contributed by atoms with Crippen molar-refractivity contribution in [2.45, 2.75) is 13.8 Å². The van der Waals surface area contributed by atoms with Crippen LogP contribution in [0.2, 0.25) is 0 Å². The zero-order valence-electron chi connectivity index (χ0n) is 7.67. The first-order valence-electron chi connectivity index (χ1n) is 4.04. The van der Waals surface area contributed by atoms with Gasteiger partial charge in [0.15, 0.2) is 6.29 Å². The van der Waals surface area contributed by atoms with Crippen LogP contribution in [-0.2, 0) is 4.79 Å². The Morgan fingerprint density at radius 1 is 1.38 bits per heavy atom. The van der Waals surface area contributed by atoms with Gasteiger partial charge in [-0.25, -0.2) is 0 Å². The molecule has 0 aliphatic rings. The lowest BCUT2D eigenvalue weighted by Crippen LogP contribution is -1.90. The minimum Gasteiger partial charge on any atom is -0.298 e. The van der Waals surface area contributed by atoms with Crippen molar-refractivity contribution < 1.29 is 4.79 Å². The predicted octanol–water partition coefficient (Wildman–Crippen LogP) is 3.32. The van der Waals surface area contributed by atoms with E-state index in [0.717, 1.165) is 27.5 Å². The Bertz CT molecular complexity index is 349. The summed E-state index contributed by atoms with van der Waals surface area (Å²) in [5, 5.41) is 0. The lowest BCUT2D eigenvalue weighted by molar-refractivity contribution is -0.103. The quantitative estimate of drug-likeness (QED) is 0.571. The summed E-state index contributed by atoms with van der Waals surface area (Å²) >= 11 is 3.32. The van der Waals surface area contributed by atoms with E-state index < -0.39 is 0 Å². The number of carbonyl (C=O) groups is 1. The highest BCUT2D eigenvalue weighted by Gasteiger charge is 2.04. The van der Waals surface area contributed by atoms with Crippen LogP contribution in [0.4, 0.5) is 0 Å². The SMILES string of the molecule is C/C(Br)=C(\C=O)c1ccccc1C. The lowest BCUT2D eigenvalue weighted by Gasteiger charge is -2.05. The topological polar surface area (TPSA) is 17.1 Å². The van der Waals surface area contributed by atoms with Crippen molar-refractivity contribution in [2.24, 2.45) is 0 Å². The molecule has 0 bridgehead atoms. The van der Waals surface area contributed by atoms with Crippen LogP contribution >= 0.6 is 15.9 Å². The van der Waals surface area contributed by atoms with Crippen LogP contribution in [-0.4, -0.2) is 6.29 Å². The van der Waals surface area contributed by atoms with Gasteiger partial charge in [-0.15, -0.1) is 0 Å². The molecule has 0 aliphatic carbocycles. The smallest absolute Gasteiger partial charge is 0.151 e. The zero-order valence-corrected chi connectivity index (χ0v) is 9.26. The summed E-state index contributed by atoms with van der Waals surface area (Å²) in [5.41, 5.74) is 2.83. The van der Waals surface area contributed by atoms with Crippen molar-refractivity contribution in [3.63, 3.8) is 0 Å². The van der Waals surface area contributed by atoms with Gasteiger partial charge in [-0.3, -0.25) is 4.79 Å². The van der Waals surface area contributed by atoms with Gasteiger partial charge in [0, 0.05) is 10.1 Å². The van der Waals surface area contributed by atoms with Crippen LogP contribution in [0.1, 0.15) is 18.1 Å². The molecule has 0 aromatic heterocycles. The predicted molar refractivity (Wildman–Crippen MR) is 58.8 cm³/mol. The summed E-state index contributed by atoms with van der Waals surface area (Å²) in [7, 11) is 0. The first kappa shape index (κ1) is 10.2. The van der Waals surface area contributed by atoms with E-state index in [9.17, 15) is 4.79 Å². The third kappa shape index (κ3) is 2.28. The van der Waals surface area contributed by atoms with Gasteiger partial charge in [0.05, 0.1) is 0 Å². The maximum atomic E-state index is 10.8. The van der Waals surface area contributed by atoms with Gasteiger partial charge in [-0.1, -0.05) is 40.2 Å². The highest BCUT2D eigenvalue weighted by molar-refractivity contribution is 9.11. The molecule has 0 saturated heterocycles. The second-order valence-electron chi connectivity index (χ2n) is 2.88. The summed E-state index contributed by atoms with van der Waals surface area (Å²) in [4.78, 5) is 10.8. The Morgan fingerprint density at radius 3 is 2.46 bits per heavy atom. The van der Waals surface area contributed by atoms with Crippen molar-refractivity contribution in [2.75, 3.05) is 0 Å². The lowest BCUT2D eigenvalue weighted by atomic mass is 10.0. The molecule has 0 fully saturated rings. The molecule has 1 nitrogen and oxygen atoms in total. The Balaban J connectivity index is 3.29. The standard InChI is InChI=1S/C11H11BrO/c1-8-5-3-4-6-10(8)11(7-13)9(2)12/h3-7H,1-2H3/b11-9-. The molecule has 1 aromatic carbocycles. The molecule has 1 rings (SSSR count). The summed E-state index contributed by atoms with van der Waals surface area (Å²) in [5.74, 6) is 0. The van der Waals surface area contributed by atoms with E-state index >= 15 is 0 Å². The van der Waals surface area contributed by atoms with Crippen molar-refractivity contribution in [1.29, 1.82) is 0 Å². The second-order valence-corrected chi connectivity index (χ2v) is 4.07. The maximum absolute atomic E-state index is 10.8. The van der Waals surface area contributed by atoms with Gasteiger partial charge in [-0.2, -0.15) is 0 Å². The third-order valence-electron chi connectivity index (χ3n) is 1.92. The number of hydrogen-bond donors (Lipinski definition) is 0. The van der Waals surface area contributed by atoms with Gasteiger partial charge in [0.2, 0.25) is 0 Å². The summed E-state index contributed by atoms with van der Waals surface area (Å²) < 4.78 is 0.872. The van der Waals surface area contributed by atoms with Crippen LogP contribution in [0.15, 0.2) is 28.7 Å². The van der Waals surface area contributed by atoms with Gasteiger partial charge in [0.25, 0.3) is 0 Å². The largest absolute Gasteiger partial charge is 0.298 e. The van der Waals surface area contributed by atoms with Crippen molar-refractivity contribution >= 4 is 27.8 Å². The number of halogens is 1. The highest BCUT2D eigenvalue weighted by Crippen LogP contribution is 2.22. The van der Waals surface area contributed by atoms with E-state index in [2.05, 4.69) is 15.9 Å². The normalized spacial score (nSPS) is 12.2. The molecule has 0 atom stereocenters. The van der Waals surface area contributed by atoms with Crippen LogP contribution in [0, 0.1) is 6.92 Å². The molecular weight excluding hydrogens is 228 g/mol. The van der Waals surface area contributed by atoms with Crippen molar-refractivity contribution in [3.8, 4) is 0 Å². The van der Waals surface area contributed by atoms with Crippen molar-refractivity contribution in [3.05, 3.63) is 39.9 Å². The summed E-state index contributed by atoms with van der Waals surface area (Å²) in [6.45, 7) is 3.87. The first-order chi connectivity index (χ1) is 6.16. The molecule has 13 heavy (non-hydrogen) atoms. The number of aldehydes is 1. The average molecular weight is 239 g/mol. The van der Waals surface area contributed by atoms with E-state index in [1.165, 1.54) is 0 Å². The molecule has 2 heteroatoms. The Hall–Kier alpha value is -0.890.